The van der Waals surface area contributed by atoms with E-state index in [-0.39, 0.29) is 12.0 Å². The first-order valence-corrected chi connectivity index (χ1v) is 11.1. The second kappa shape index (κ2) is 8.10. The van der Waals surface area contributed by atoms with Crippen molar-refractivity contribution in [1.82, 2.24) is 0 Å². The molecule has 30 heavy (non-hydrogen) atoms. The van der Waals surface area contributed by atoms with Gasteiger partial charge in [-0.25, -0.2) is 0 Å². The Kier molecular flexibility index (Phi) is 5.16. The number of fused-ring (bicyclic) bond motifs is 1. The van der Waals surface area contributed by atoms with Crippen molar-refractivity contribution in [2.45, 2.75) is 50.5 Å². The minimum atomic E-state index is 0.182. The molecule has 3 aromatic carbocycles. The number of ether oxygens (including phenoxy) is 1. The average Bonchev–Trinajstić information content (AvgIpc) is 2.76. The molecule has 5 rings (SSSR count). The van der Waals surface area contributed by atoms with Gasteiger partial charge in [-0.2, -0.15) is 0 Å². The van der Waals surface area contributed by atoms with E-state index in [0.29, 0.717) is 11.8 Å². The normalized spacial score (nSPS) is 25.1. The summed E-state index contributed by atoms with van der Waals surface area (Å²) in [7, 11) is 0. The lowest BCUT2D eigenvalue weighted by molar-refractivity contribution is -0.116. The molecule has 0 heterocycles. The summed E-state index contributed by atoms with van der Waals surface area (Å²) < 4.78 is 6.06. The molecule has 2 atom stereocenters. The van der Waals surface area contributed by atoms with Gasteiger partial charge in [0.15, 0.2) is 0 Å². The predicted octanol–water partition coefficient (Wildman–Crippen LogP) is 6.21. The molecule has 0 amide bonds. The zero-order valence-corrected chi connectivity index (χ0v) is 17.5. The van der Waals surface area contributed by atoms with E-state index in [1.165, 1.54) is 34.2 Å². The molecule has 0 spiro atoms. The molecule has 3 aromatic rings. The van der Waals surface area contributed by atoms with E-state index in [2.05, 4.69) is 79.7 Å². The van der Waals surface area contributed by atoms with Crippen molar-refractivity contribution >= 4 is 6.29 Å². The lowest BCUT2D eigenvalue weighted by Gasteiger charge is -2.35. The summed E-state index contributed by atoms with van der Waals surface area (Å²) in [6, 6.07) is 26.6. The first kappa shape index (κ1) is 19.1. The minimum absolute atomic E-state index is 0.182. The molecule has 1 unspecified atom stereocenters. The Morgan fingerprint density at radius 1 is 0.900 bits per heavy atom. The Balaban J connectivity index is 1.45. The fourth-order valence-electron chi connectivity index (χ4n) is 5.18. The van der Waals surface area contributed by atoms with Crippen LogP contribution in [0, 0.1) is 12.8 Å². The maximum absolute atomic E-state index is 10.8. The molecule has 2 nitrogen and oxygen atoms in total. The van der Waals surface area contributed by atoms with Crippen LogP contribution in [0.4, 0.5) is 0 Å². The summed E-state index contributed by atoms with van der Waals surface area (Å²) in [6.07, 6.45) is 5.22. The highest BCUT2D eigenvalue weighted by Gasteiger charge is 2.33. The molecule has 1 fully saturated rings. The van der Waals surface area contributed by atoms with E-state index in [0.717, 1.165) is 31.3 Å². The number of rotatable bonds is 5. The van der Waals surface area contributed by atoms with Crippen LogP contribution in [-0.4, -0.2) is 12.4 Å². The monoisotopic (exact) mass is 396 g/mol. The van der Waals surface area contributed by atoms with Crippen LogP contribution in [-0.2, 0) is 11.2 Å². The van der Waals surface area contributed by atoms with Crippen molar-refractivity contribution in [2.75, 3.05) is 0 Å². The van der Waals surface area contributed by atoms with E-state index in [1.54, 1.807) is 0 Å². The molecule has 2 aliphatic carbocycles. The highest BCUT2D eigenvalue weighted by molar-refractivity contribution is 5.55. The van der Waals surface area contributed by atoms with Gasteiger partial charge in [0.2, 0.25) is 0 Å². The van der Waals surface area contributed by atoms with E-state index in [1.807, 2.05) is 0 Å². The van der Waals surface area contributed by atoms with Gasteiger partial charge in [0.05, 0.1) is 0 Å². The van der Waals surface area contributed by atoms with Gasteiger partial charge < -0.3 is 9.53 Å². The maximum atomic E-state index is 10.8. The standard InChI is InChI=1S/C28H28O2/c1-19-7-13-27-23(15-19)10-14-26(21-5-3-2-4-6-21)28(27)22-8-11-24(12-9-22)30-25-16-20(17-25)18-29/h2-9,11-13,15,18,20,25-26,28H,10,14,16-17H2,1H3/t20?,25?,26-,28?/m1/s1. The second-order valence-electron chi connectivity index (χ2n) is 8.91. The first-order chi connectivity index (χ1) is 14.7. The van der Waals surface area contributed by atoms with Crippen LogP contribution in [0.25, 0.3) is 0 Å². The number of benzene rings is 3. The van der Waals surface area contributed by atoms with E-state index in [9.17, 15) is 4.79 Å². The van der Waals surface area contributed by atoms with Gasteiger partial charge in [-0.1, -0.05) is 66.2 Å². The Morgan fingerprint density at radius 3 is 2.40 bits per heavy atom. The largest absolute Gasteiger partial charge is 0.490 e. The summed E-state index contributed by atoms with van der Waals surface area (Å²) >= 11 is 0. The number of carbonyl (C=O) groups excluding carboxylic acids is 1. The topological polar surface area (TPSA) is 26.3 Å². The van der Waals surface area contributed by atoms with Gasteiger partial charge in [-0.15, -0.1) is 0 Å². The first-order valence-electron chi connectivity index (χ1n) is 11.1. The van der Waals surface area contributed by atoms with Crippen molar-refractivity contribution in [3.63, 3.8) is 0 Å². The number of hydrogen-bond acceptors (Lipinski definition) is 2. The third-order valence-corrected chi connectivity index (χ3v) is 6.85. The number of hydrogen-bond donors (Lipinski definition) is 0. The summed E-state index contributed by atoms with van der Waals surface area (Å²) in [6.45, 7) is 2.18. The summed E-state index contributed by atoms with van der Waals surface area (Å²) in [5.74, 6) is 1.93. The molecule has 2 aliphatic rings. The van der Waals surface area contributed by atoms with Crippen molar-refractivity contribution < 1.29 is 9.53 Å². The van der Waals surface area contributed by atoms with Gasteiger partial charge >= 0.3 is 0 Å². The highest BCUT2D eigenvalue weighted by atomic mass is 16.5. The molecule has 0 aliphatic heterocycles. The van der Waals surface area contributed by atoms with Crippen molar-refractivity contribution in [2.24, 2.45) is 5.92 Å². The third kappa shape index (κ3) is 3.67. The van der Waals surface area contributed by atoms with Crippen LogP contribution in [0.1, 0.15) is 58.9 Å². The van der Waals surface area contributed by atoms with Crippen LogP contribution >= 0.6 is 0 Å². The zero-order valence-electron chi connectivity index (χ0n) is 17.5. The summed E-state index contributed by atoms with van der Waals surface area (Å²) in [5.41, 5.74) is 7.05. The third-order valence-electron chi connectivity index (χ3n) is 6.85. The van der Waals surface area contributed by atoms with Crippen molar-refractivity contribution in [3.8, 4) is 5.75 Å². The molecule has 0 bridgehead atoms. The Bertz CT molecular complexity index is 1020. The quantitative estimate of drug-likeness (QED) is 0.479. The zero-order chi connectivity index (χ0) is 20.5. The summed E-state index contributed by atoms with van der Waals surface area (Å²) in [4.78, 5) is 10.8. The van der Waals surface area contributed by atoms with Gasteiger partial charge in [0, 0.05) is 11.8 Å². The molecule has 152 valence electrons. The molecular formula is C28H28O2. The van der Waals surface area contributed by atoms with Gasteiger partial charge in [-0.3, -0.25) is 0 Å². The Labute approximate surface area is 178 Å². The average molecular weight is 397 g/mol. The molecule has 0 aromatic heterocycles. The smallest absolute Gasteiger partial charge is 0.123 e. The fourth-order valence-corrected chi connectivity index (χ4v) is 5.18. The van der Waals surface area contributed by atoms with Gasteiger partial charge in [-0.05, 0) is 72.9 Å². The SMILES string of the molecule is Cc1ccc2c(c1)CC[C@H](c1ccccc1)C2c1ccc(OC2CC(C=O)C2)cc1. The van der Waals surface area contributed by atoms with Crippen LogP contribution < -0.4 is 4.74 Å². The van der Waals surface area contributed by atoms with Gasteiger partial charge in [0.25, 0.3) is 0 Å². The fraction of sp³-hybridized carbons (Fsp3) is 0.321. The number of aldehydes is 1. The molecule has 0 saturated heterocycles. The molecular weight excluding hydrogens is 368 g/mol. The minimum Gasteiger partial charge on any atom is -0.490 e. The van der Waals surface area contributed by atoms with Crippen LogP contribution in [0.2, 0.25) is 0 Å². The molecule has 2 heteroatoms. The number of carbonyl (C=O) groups is 1. The van der Waals surface area contributed by atoms with E-state index in [4.69, 9.17) is 4.74 Å². The lowest BCUT2D eigenvalue weighted by atomic mass is 9.69. The van der Waals surface area contributed by atoms with Crippen molar-refractivity contribution in [3.05, 3.63) is 101 Å². The van der Waals surface area contributed by atoms with Crippen LogP contribution in [0.3, 0.4) is 0 Å². The number of aryl methyl sites for hydroxylation is 2. The Morgan fingerprint density at radius 2 is 1.67 bits per heavy atom. The van der Waals surface area contributed by atoms with Crippen LogP contribution in [0.15, 0.2) is 72.8 Å². The Hall–Kier alpha value is -2.87. The van der Waals surface area contributed by atoms with E-state index >= 15 is 0 Å². The predicted molar refractivity (Wildman–Crippen MR) is 120 cm³/mol. The van der Waals surface area contributed by atoms with Crippen molar-refractivity contribution in [1.29, 1.82) is 0 Å². The van der Waals surface area contributed by atoms with Gasteiger partial charge in [0.1, 0.15) is 18.1 Å². The lowest BCUT2D eigenvalue weighted by Crippen LogP contribution is -2.34. The molecule has 1 saturated carbocycles. The maximum Gasteiger partial charge on any atom is 0.123 e. The second-order valence-corrected chi connectivity index (χ2v) is 8.91. The molecule has 0 radical (unpaired) electrons. The van der Waals surface area contributed by atoms with E-state index < -0.39 is 0 Å². The summed E-state index contributed by atoms with van der Waals surface area (Å²) in [5, 5.41) is 0. The van der Waals surface area contributed by atoms with Crippen LogP contribution in [0.5, 0.6) is 5.75 Å². The molecule has 0 N–H and O–H groups in total. The highest BCUT2D eigenvalue weighted by Crippen LogP contribution is 2.46.